The Kier molecular flexibility index (Phi) is 3.79. The monoisotopic (exact) mass is 254 g/mol. The molecule has 17 heavy (non-hydrogen) atoms. The number of rotatable bonds is 3. The molecule has 1 saturated heterocycles. The summed E-state index contributed by atoms with van der Waals surface area (Å²) in [5.74, 6) is 0.316. The normalized spacial score (nSPS) is 25.4. The lowest BCUT2D eigenvalue weighted by Gasteiger charge is -2.29. The topological polar surface area (TPSA) is 59.1 Å². The van der Waals surface area contributed by atoms with Gasteiger partial charge in [-0.2, -0.15) is 0 Å². The fourth-order valence-electron chi connectivity index (χ4n) is 2.48. The predicted molar refractivity (Wildman–Crippen MR) is 67.5 cm³/mol. The van der Waals surface area contributed by atoms with Gasteiger partial charge in [0.15, 0.2) is 9.84 Å². The number of nitrogens with zero attached hydrogens (tertiary/aromatic N) is 1. The molecule has 2 rings (SSSR count). The maximum absolute atomic E-state index is 12.1. The molecule has 0 amide bonds. The molecule has 2 unspecified atom stereocenters. The molecule has 4 nitrogen and oxygen atoms in total. The van der Waals surface area contributed by atoms with Crippen molar-refractivity contribution in [1.29, 1.82) is 0 Å². The van der Waals surface area contributed by atoms with Crippen LogP contribution in [0.2, 0.25) is 0 Å². The SMILES string of the molecule is CNC(c1cccnc1)C1CCCCS1(=O)=O. The van der Waals surface area contributed by atoms with E-state index < -0.39 is 9.84 Å². The van der Waals surface area contributed by atoms with E-state index in [1.54, 1.807) is 12.4 Å². The summed E-state index contributed by atoms with van der Waals surface area (Å²) in [6.45, 7) is 0. The molecule has 1 aliphatic rings. The van der Waals surface area contributed by atoms with E-state index in [-0.39, 0.29) is 11.3 Å². The molecular formula is C12H18N2O2S. The Hall–Kier alpha value is -0.940. The van der Waals surface area contributed by atoms with Crippen LogP contribution in [-0.4, -0.2) is 31.5 Å². The van der Waals surface area contributed by atoms with Gasteiger partial charge < -0.3 is 5.32 Å². The summed E-state index contributed by atoms with van der Waals surface area (Å²) >= 11 is 0. The Labute approximate surface area is 102 Å². The Morgan fingerprint density at radius 1 is 1.47 bits per heavy atom. The summed E-state index contributed by atoms with van der Waals surface area (Å²) in [5.41, 5.74) is 0.950. The molecule has 1 N–H and O–H groups in total. The number of nitrogens with one attached hydrogen (secondary N) is 1. The molecule has 0 saturated carbocycles. The van der Waals surface area contributed by atoms with Crippen LogP contribution in [0.5, 0.6) is 0 Å². The van der Waals surface area contributed by atoms with Crippen molar-refractivity contribution in [2.45, 2.75) is 30.6 Å². The minimum Gasteiger partial charge on any atom is -0.312 e. The van der Waals surface area contributed by atoms with Gasteiger partial charge >= 0.3 is 0 Å². The highest BCUT2D eigenvalue weighted by molar-refractivity contribution is 7.92. The van der Waals surface area contributed by atoms with Crippen LogP contribution in [0, 0.1) is 0 Å². The van der Waals surface area contributed by atoms with E-state index in [1.165, 1.54) is 0 Å². The lowest BCUT2D eigenvalue weighted by atomic mass is 10.0. The van der Waals surface area contributed by atoms with Crippen molar-refractivity contribution in [2.24, 2.45) is 0 Å². The van der Waals surface area contributed by atoms with Crippen LogP contribution in [0.1, 0.15) is 30.9 Å². The van der Waals surface area contributed by atoms with Crippen LogP contribution >= 0.6 is 0 Å². The molecule has 5 heteroatoms. The zero-order valence-electron chi connectivity index (χ0n) is 9.96. The Morgan fingerprint density at radius 2 is 2.29 bits per heavy atom. The van der Waals surface area contributed by atoms with E-state index in [0.29, 0.717) is 5.75 Å². The molecule has 0 bridgehead atoms. The van der Waals surface area contributed by atoms with E-state index >= 15 is 0 Å². The Morgan fingerprint density at radius 3 is 2.88 bits per heavy atom. The summed E-state index contributed by atoms with van der Waals surface area (Å²) in [6.07, 6.45) is 5.96. The smallest absolute Gasteiger partial charge is 0.155 e. The van der Waals surface area contributed by atoms with Crippen molar-refractivity contribution in [3.8, 4) is 0 Å². The third kappa shape index (κ3) is 2.66. The standard InChI is InChI=1S/C12H18N2O2S/c1-13-12(10-5-4-7-14-9-10)11-6-2-3-8-17(11,15)16/h4-5,7,9,11-13H,2-3,6,8H2,1H3. The lowest BCUT2D eigenvalue weighted by molar-refractivity contribution is 0.468. The fraction of sp³-hybridized carbons (Fsp3) is 0.583. The maximum atomic E-state index is 12.1. The minimum absolute atomic E-state index is 0.144. The highest BCUT2D eigenvalue weighted by Crippen LogP contribution is 2.30. The first-order chi connectivity index (χ1) is 8.15. The number of hydrogen-bond donors (Lipinski definition) is 1. The first-order valence-corrected chi connectivity index (χ1v) is 7.65. The van der Waals surface area contributed by atoms with Crippen LogP contribution in [0.25, 0.3) is 0 Å². The number of pyridine rings is 1. The van der Waals surface area contributed by atoms with Gasteiger partial charge in [0.1, 0.15) is 0 Å². The van der Waals surface area contributed by atoms with Gasteiger partial charge in [0.05, 0.1) is 17.0 Å². The van der Waals surface area contributed by atoms with Gasteiger partial charge in [-0.05, 0) is 31.5 Å². The van der Waals surface area contributed by atoms with Crippen molar-refractivity contribution in [3.63, 3.8) is 0 Å². The second-order valence-electron chi connectivity index (χ2n) is 4.45. The number of hydrogen-bond acceptors (Lipinski definition) is 4. The molecule has 1 fully saturated rings. The molecule has 0 aromatic carbocycles. The third-order valence-corrected chi connectivity index (χ3v) is 5.64. The first-order valence-electron chi connectivity index (χ1n) is 5.94. The third-order valence-electron chi connectivity index (χ3n) is 3.36. The quantitative estimate of drug-likeness (QED) is 0.883. The van der Waals surface area contributed by atoms with Crippen LogP contribution in [0.15, 0.2) is 24.5 Å². The second-order valence-corrected chi connectivity index (χ2v) is 6.79. The average molecular weight is 254 g/mol. The summed E-state index contributed by atoms with van der Waals surface area (Å²) in [5, 5.41) is 2.81. The van der Waals surface area contributed by atoms with E-state index in [1.807, 2.05) is 19.2 Å². The van der Waals surface area contributed by atoms with Gasteiger partial charge in [-0.1, -0.05) is 12.5 Å². The predicted octanol–water partition coefficient (Wildman–Crippen LogP) is 1.31. The number of sulfone groups is 1. The molecule has 1 aromatic rings. The van der Waals surface area contributed by atoms with Crippen molar-refractivity contribution < 1.29 is 8.42 Å². The Bertz CT molecular complexity index is 459. The summed E-state index contributed by atoms with van der Waals surface area (Å²) < 4.78 is 24.2. The van der Waals surface area contributed by atoms with E-state index in [4.69, 9.17) is 0 Å². The van der Waals surface area contributed by atoms with Gasteiger partial charge in [0, 0.05) is 12.4 Å². The zero-order chi connectivity index (χ0) is 12.3. The molecule has 2 atom stereocenters. The second kappa shape index (κ2) is 5.14. The van der Waals surface area contributed by atoms with Gasteiger partial charge in [-0.15, -0.1) is 0 Å². The van der Waals surface area contributed by atoms with E-state index in [2.05, 4.69) is 10.3 Å². The molecule has 1 aliphatic heterocycles. The average Bonchev–Trinajstić information content (AvgIpc) is 2.33. The Balaban J connectivity index is 2.30. The highest BCUT2D eigenvalue weighted by atomic mass is 32.2. The van der Waals surface area contributed by atoms with Crippen LogP contribution in [0.4, 0.5) is 0 Å². The largest absolute Gasteiger partial charge is 0.312 e. The molecule has 0 aliphatic carbocycles. The fourth-order valence-corrected chi connectivity index (χ4v) is 4.62. The zero-order valence-corrected chi connectivity index (χ0v) is 10.8. The van der Waals surface area contributed by atoms with Crippen LogP contribution in [0.3, 0.4) is 0 Å². The van der Waals surface area contributed by atoms with Gasteiger partial charge in [0.25, 0.3) is 0 Å². The molecular weight excluding hydrogens is 236 g/mol. The number of aromatic nitrogens is 1. The van der Waals surface area contributed by atoms with E-state index in [0.717, 1.165) is 24.8 Å². The van der Waals surface area contributed by atoms with Crippen LogP contribution in [-0.2, 0) is 9.84 Å². The molecule has 2 heterocycles. The summed E-state index contributed by atoms with van der Waals surface area (Å²) in [6, 6.07) is 3.63. The molecule has 0 radical (unpaired) electrons. The van der Waals surface area contributed by atoms with Crippen LogP contribution < -0.4 is 5.32 Å². The van der Waals surface area contributed by atoms with Crippen molar-refractivity contribution in [3.05, 3.63) is 30.1 Å². The van der Waals surface area contributed by atoms with Gasteiger partial charge in [-0.25, -0.2) is 8.42 Å². The van der Waals surface area contributed by atoms with E-state index in [9.17, 15) is 8.42 Å². The van der Waals surface area contributed by atoms with Crippen molar-refractivity contribution in [2.75, 3.05) is 12.8 Å². The molecule has 94 valence electrons. The van der Waals surface area contributed by atoms with Crippen molar-refractivity contribution in [1.82, 2.24) is 10.3 Å². The summed E-state index contributed by atoms with van der Waals surface area (Å²) in [4.78, 5) is 4.06. The maximum Gasteiger partial charge on any atom is 0.155 e. The highest BCUT2D eigenvalue weighted by Gasteiger charge is 2.35. The summed E-state index contributed by atoms with van der Waals surface area (Å²) in [7, 11) is -1.17. The van der Waals surface area contributed by atoms with Gasteiger partial charge in [-0.3, -0.25) is 4.98 Å². The first kappa shape index (κ1) is 12.5. The van der Waals surface area contributed by atoms with Crippen molar-refractivity contribution >= 4 is 9.84 Å². The van der Waals surface area contributed by atoms with Gasteiger partial charge in [0.2, 0.25) is 0 Å². The minimum atomic E-state index is -2.97. The molecule has 0 spiro atoms. The lowest BCUT2D eigenvalue weighted by Crippen LogP contribution is -2.39. The molecule has 1 aromatic heterocycles.